The van der Waals surface area contributed by atoms with E-state index in [0.29, 0.717) is 0 Å². The zero-order valence-electron chi connectivity index (χ0n) is 8.11. The maximum absolute atomic E-state index is 4.94. The van der Waals surface area contributed by atoms with Crippen LogP contribution >= 0.6 is 34.0 Å². The Balaban J connectivity index is 0. The van der Waals surface area contributed by atoms with E-state index in [2.05, 4.69) is 0 Å². The van der Waals surface area contributed by atoms with Crippen LogP contribution in [0.3, 0.4) is 0 Å². The minimum absolute atomic E-state index is 0. The lowest BCUT2D eigenvalue weighted by atomic mass is 10.6. The molecule has 0 aromatic carbocycles. The molecule has 0 atom stereocenters. The SMILES string of the molecule is Br.Br.C1COCCO1.C1COCCO1. The molecule has 6 heteroatoms. The monoisotopic (exact) mass is 336 g/mol. The number of rotatable bonds is 0. The van der Waals surface area contributed by atoms with E-state index in [0.717, 1.165) is 52.9 Å². The summed E-state index contributed by atoms with van der Waals surface area (Å²) in [6.45, 7) is 6.22. The highest BCUT2D eigenvalue weighted by Crippen LogP contribution is 1.85. The molecule has 0 aromatic rings. The van der Waals surface area contributed by atoms with Gasteiger partial charge in [-0.25, -0.2) is 0 Å². The van der Waals surface area contributed by atoms with Crippen LogP contribution in [0.25, 0.3) is 0 Å². The second kappa shape index (κ2) is 13.8. The first kappa shape index (κ1) is 17.2. The van der Waals surface area contributed by atoms with Crippen molar-refractivity contribution in [2.24, 2.45) is 0 Å². The molecule has 2 rings (SSSR count). The number of hydrogen-bond acceptors (Lipinski definition) is 4. The maximum atomic E-state index is 4.94. The van der Waals surface area contributed by atoms with Gasteiger partial charge in [0.1, 0.15) is 0 Å². The van der Waals surface area contributed by atoms with E-state index < -0.39 is 0 Å². The molecule has 4 nitrogen and oxygen atoms in total. The summed E-state index contributed by atoms with van der Waals surface area (Å²) in [5.41, 5.74) is 0. The van der Waals surface area contributed by atoms with Crippen molar-refractivity contribution < 1.29 is 18.9 Å². The van der Waals surface area contributed by atoms with Gasteiger partial charge in [-0.2, -0.15) is 0 Å². The van der Waals surface area contributed by atoms with E-state index in [1.165, 1.54) is 0 Å². The minimum atomic E-state index is 0. The number of halogens is 2. The van der Waals surface area contributed by atoms with E-state index in [1.807, 2.05) is 0 Å². The van der Waals surface area contributed by atoms with E-state index in [-0.39, 0.29) is 34.0 Å². The highest BCUT2D eigenvalue weighted by molar-refractivity contribution is 8.93. The predicted octanol–water partition coefficient (Wildman–Crippen LogP) is 1.22. The second-order valence-electron chi connectivity index (χ2n) is 2.45. The van der Waals surface area contributed by atoms with Crippen LogP contribution < -0.4 is 0 Å². The zero-order chi connectivity index (χ0) is 8.49. The third-order valence-electron chi connectivity index (χ3n) is 1.49. The predicted molar refractivity (Wildman–Crippen MR) is 63.9 cm³/mol. The molecule has 0 bridgehead atoms. The Morgan fingerprint density at radius 3 is 0.571 bits per heavy atom. The van der Waals surface area contributed by atoms with Gasteiger partial charge in [0.25, 0.3) is 0 Å². The van der Waals surface area contributed by atoms with Crippen LogP contribution in [0.15, 0.2) is 0 Å². The third kappa shape index (κ3) is 10.9. The van der Waals surface area contributed by atoms with E-state index in [9.17, 15) is 0 Å². The Morgan fingerprint density at radius 2 is 0.500 bits per heavy atom. The van der Waals surface area contributed by atoms with Crippen molar-refractivity contribution in [1.29, 1.82) is 0 Å². The summed E-state index contributed by atoms with van der Waals surface area (Å²) < 4.78 is 19.8. The molecule has 2 saturated heterocycles. The molecular weight excluding hydrogens is 320 g/mol. The topological polar surface area (TPSA) is 36.9 Å². The lowest BCUT2D eigenvalue weighted by Gasteiger charge is -2.09. The zero-order valence-corrected chi connectivity index (χ0v) is 11.5. The van der Waals surface area contributed by atoms with E-state index in [1.54, 1.807) is 0 Å². The molecular formula is C8H18Br2O4. The molecule has 0 aromatic heterocycles. The summed E-state index contributed by atoms with van der Waals surface area (Å²) in [5.74, 6) is 0. The molecule has 2 fully saturated rings. The summed E-state index contributed by atoms with van der Waals surface area (Å²) in [6, 6.07) is 0. The lowest BCUT2D eigenvalue weighted by Crippen LogP contribution is -2.16. The highest BCUT2D eigenvalue weighted by atomic mass is 79.9. The quantitative estimate of drug-likeness (QED) is 0.666. The van der Waals surface area contributed by atoms with Crippen molar-refractivity contribution in [2.75, 3.05) is 52.9 Å². The van der Waals surface area contributed by atoms with Crippen LogP contribution in [0.2, 0.25) is 0 Å². The fraction of sp³-hybridized carbons (Fsp3) is 1.00. The van der Waals surface area contributed by atoms with Crippen molar-refractivity contribution in [3.63, 3.8) is 0 Å². The molecule has 0 N–H and O–H groups in total. The molecule has 0 unspecified atom stereocenters. The van der Waals surface area contributed by atoms with Gasteiger partial charge in [0, 0.05) is 0 Å². The molecule has 2 aliphatic heterocycles. The summed E-state index contributed by atoms with van der Waals surface area (Å²) in [5, 5.41) is 0. The van der Waals surface area contributed by atoms with Crippen LogP contribution in [-0.4, -0.2) is 52.9 Å². The van der Waals surface area contributed by atoms with Crippen LogP contribution in [0.4, 0.5) is 0 Å². The highest BCUT2D eigenvalue weighted by Gasteiger charge is 1.94. The molecule has 88 valence electrons. The van der Waals surface area contributed by atoms with Crippen LogP contribution in [0.5, 0.6) is 0 Å². The van der Waals surface area contributed by atoms with E-state index in [4.69, 9.17) is 18.9 Å². The average molecular weight is 338 g/mol. The lowest BCUT2D eigenvalue weighted by molar-refractivity contribution is -0.0334. The Bertz CT molecular complexity index is 62.3. The van der Waals surface area contributed by atoms with Gasteiger partial charge in [-0.15, -0.1) is 34.0 Å². The second-order valence-corrected chi connectivity index (χ2v) is 2.45. The minimum Gasteiger partial charge on any atom is -0.377 e. The Kier molecular flexibility index (Phi) is 17.0. The van der Waals surface area contributed by atoms with Gasteiger partial charge >= 0.3 is 0 Å². The maximum Gasteiger partial charge on any atom is 0.0701 e. The van der Waals surface area contributed by atoms with Gasteiger partial charge in [0.15, 0.2) is 0 Å². The van der Waals surface area contributed by atoms with Gasteiger partial charge in [0.05, 0.1) is 52.9 Å². The molecule has 0 spiro atoms. The largest absolute Gasteiger partial charge is 0.377 e. The van der Waals surface area contributed by atoms with E-state index >= 15 is 0 Å². The molecule has 2 aliphatic rings. The summed E-state index contributed by atoms with van der Waals surface area (Å²) in [4.78, 5) is 0. The fourth-order valence-corrected chi connectivity index (χ4v) is 0.880. The molecule has 2 heterocycles. The van der Waals surface area contributed by atoms with Crippen molar-refractivity contribution in [2.45, 2.75) is 0 Å². The normalized spacial score (nSPS) is 20.6. The van der Waals surface area contributed by atoms with Crippen molar-refractivity contribution in [3.8, 4) is 0 Å². The van der Waals surface area contributed by atoms with Gasteiger partial charge in [0.2, 0.25) is 0 Å². The molecule has 0 radical (unpaired) electrons. The first-order valence-corrected chi connectivity index (χ1v) is 4.31. The fourth-order valence-electron chi connectivity index (χ4n) is 0.880. The van der Waals surface area contributed by atoms with Gasteiger partial charge < -0.3 is 18.9 Å². The Hall–Kier alpha value is 0.800. The van der Waals surface area contributed by atoms with Gasteiger partial charge in [-0.1, -0.05) is 0 Å². The first-order chi connectivity index (χ1) is 6.00. The van der Waals surface area contributed by atoms with Crippen molar-refractivity contribution >= 4 is 34.0 Å². The van der Waals surface area contributed by atoms with Gasteiger partial charge in [-0.3, -0.25) is 0 Å². The summed E-state index contributed by atoms with van der Waals surface area (Å²) in [6.07, 6.45) is 0. The first-order valence-electron chi connectivity index (χ1n) is 4.31. The van der Waals surface area contributed by atoms with Crippen molar-refractivity contribution in [3.05, 3.63) is 0 Å². The summed E-state index contributed by atoms with van der Waals surface area (Å²) >= 11 is 0. The molecule has 0 saturated carbocycles. The van der Waals surface area contributed by atoms with Gasteiger partial charge in [-0.05, 0) is 0 Å². The molecule has 0 aliphatic carbocycles. The van der Waals surface area contributed by atoms with Crippen molar-refractivity contribution in [1.82, 2.24) is 0 Å². The van der Waals surface area contributed by atoms with Crippen LogP contribution in [-0.2, 0) is 18.9 Å². The van der Waals surface area contributed by atoms with Crippen LogP contribution in [0, 0.1) is 0 Å². The average Bonchev–Trinajstić information content (AvgIpc) is 2.24. The summed E-state index contributed by atoms with van der Waals surface area (Å²) in [7, 11) is 0. The van der Waals surface area contributed by atoms with Crippen LogP contribution in [0.1, 0.15) is 0 Å². The number of hydrogen-bond donors (Lipinski definition) is 0. The molecule has 14 heavy (non-hydrogen) atoms. The molecule has 0 amide bonds. The Labute approximate surface area is 106 Å². The standard InChI is InChI=1S/2C4H8O2.2BrH/c2*1-2-6-4-3-5-1;;/h2*1-4H2;2*1H. The number of ether oxygens (including phenoxy) is 4. The third-order valence-corrected chi connectivity index (χ3v) is 1.49. The smallest absolute Gasteiger partial charge is 0.0701 e. The Morgan fingerprint density at radius 1 is 0.357 bits per heavy atom.